The average molecular weight is 276 g/mol. The monoisotopic (exact) mass is 276 g/mol. The number of hydrogen-bond acceptors (Lipinski definition) is 1. The van der Waals surface area contributed by atoms with Crippen molar-refractivity contribution in [2.45, 2.75) is 16.1 Å². The topological polar surface area (TPSA) is 0 Å². The summed E-state index contributed by atoms with van der Waals surface area (Å²) in [6.45, 7) is 3.55. The van der Waals surface area contributed by atoms with Crippen LogP contribution in [0.1, 0.15) is 11.5 Å². The van der Waals surface area contributed by atoms with E-state index in [0.717, 1.165) is 0 Å². The first-order chi connectivity index (χ1) is 9.13. The van der Waals surface area contributed by atoms with Crippen LogP contribution in [0.5, 0.6) is 0 Å². The van der Waals surface area contributed by atoms with Gasteiger partial charge in [-0.3, -0.25) is 0 Å². The minimum absolute atomic E-state index is 0.551. The quantitative estimate of drug-likeness (QED) is 0.524. The number of thioether (sulfide) groups is 1. The zero-order valence-corrected chi connectivity index (χ0v) is 11.1. The lowest BCUT2D eigenvalue weighted by Crippen LogP contribution is -2.20. The normalized spacial score (nSPS) is 12.9. The lowest BCUT2D eigenvalue weighted by atomic mass is 10.00. The zero-order chi connectivity index (χ0) is 13.7. The van der Waals surface area contributed by atoms with Crippen LogP contribution in [0.15, 0.2) is 78.2 Å². The largest absolute Gasteiger partial charge is 0.308 e. The second-order valence-electron chi connectivity index (χ2n) is 4.10. The molecular formula is C16H14F2S. The van der Waals surface area contributed by atoms with Gasteiger partial charge in [-0.15, -0.1) is 6.58 Å². The summed E-state index contributed by atoms with van der Waals surface area (Å²) in [6, 6.07) is 17.4. The lowest BCUT2D eigenvalue weighted by molar-refractivity contribution is 0.0895. The van der Waals surface area contributed by atoms with E-state index in [1.165, 1.54) is 6.08 Å². The Bertz CT molecular complexity index is 523. The minimum atomic E-state index is -2.93. The summed E-state index contributed by atoms with van der Waals surface area (Å²) in [7, 11) is 0. The molecule has 0 saturated carbocycles. The van der Waals surface area contributed by atoms with Gasteiger partial charge in [0.1, 0.15) is 0 Å². The van der Waals surface area contributed by atoms with Crippen LogP contribution in [0.25, 0.3) is 0 Å². The number of allylic oxidation sites excluding steroid dienone is 1. The van der Waals surface area contributed by atoms with E-state index in [0.29, 0.717) is 22.2 Å². The van der Waals surface area contributed by atoms with Crippen molar-refractivity contribution in [3.05, 3.63) is 78.9 Å². The highest BCUT2D eigenvalue weighted by molar-refractivity contribution is 8.00. The summed E-state index contributed by atoms with van der Waals surface area (Å²) in [5, 5.41) is -2.93. The summed E-state index contributed by atoms with van der Waals surface area (Å²) >= 11 is 0.569. The second-order valence-corrected chi connectivity index (χ2v) is 5.32. The van der Waals surface area contributed by atoms with E-state index in [1.807, 2.05) is 12.1 Å². The molecule has 0 spiro atoms. The first-order valence-electron chi connectivity index (χ1n) is 5.93. The Kier molecular flexibility index (Phi) is 4.38. The van der Waals surface area contributed by atoms with E-state index >= 15 is 0 Å². The third-order valence-corrected chi connectivity index (χ3v) is 3.79. The smallest absolute Gasteiger partial charge is 0.193 e. The van der Waals surface area contributed by atoms with Gasteiger partial charge >= 0.3 is 5.25 Å². The molecule has 3 heteroatoms. The van der Waals surface area contributed by atoms with Crippen molar-refractivity contribution in [1.82, 2.24) is 0 Å². The van der Waals surface area contributed by atoms with Gasteiger partial charge in [-0.25, -0.2) is 0 Å². The lowest BCUT2D eigenvalue weighted by Gasteiger charge is -2.24. The molecule has 98 valence electrons. The molecule has 2 aromatic carbocycles. The van der Waals surface area contributed by atoms with Crippen LogP contribution in [-0.4, -0.2) is 5.25 Å². The molecule has 0 aliphatic heterocycles. The maximum absolute atomic E-state index is 14.4. The van der Waals surface area contributed by atoms with Crippen LogP contribution < -0.4 is 0 Å². The summed E-state index contributed by atoms with van der Waals surface area (Å²) in [6.07, 6.45) is 1.31. The van der Waals surface area contributed by atoms with Crippen LogP contribution in [0, 0.1) is 0 Å². The number of rotatable bonds is 5. The fourth-order valence-electron chi connectivity index (χ4n) is 1.84. The molecular weight excluding hydrogens is 262 g/mol. The highest BCUT2D eigenvalue weighted by atomic mass is 32.2. The van der Waals surface area contributed by atoms with E-state index in [4.69, 9.17) is 0 Å². The van der Waals surface area contributed by atoms with Gasteiger partial charge in [0.15, 0.2) is 0 Å². The summed E-state index contributed by atoms with van der Waals surface area (Å²) < 4.78 is 28.7. The number of alkyl halides is 2. The zero-order valence-electron chi connectivity index (χ0n) is 10.3. The van der Waals surface area contributed by atoms with Crippen molar-refractivity contribution < 1.29 is 8.78 Å². The van der Waals surface area contributed by atoms with Crippen molar-refractivity contribution in [3.63, 3.8) is 0 Å². The van der Waals surface area contributed by atoms with E-state index < -0.39 is 11.2 Å². The van der Waals surface area contributed by atoms with Gasteiger partial charge in [-0.1, -0.05) is 66.4 Å². The maximum Gasteiger partial charge on any atom is 0.308 e. The molecule has 0 aliphatic carbocycles. The molecule has 0 fully saturated rings. The molecule has 0 aliphatic rings. The van der Waals surface area contributed by atoms with Crippen LogP contribution in [0.4, 0.5) is 8.78 Å². The third-order valence-electron chi connectivity index (χ3n) is 2.75. The fourth-order valence-corrected chi connectivity index (χ4v) is 2.80. The Labute approximate surface area is 116 Å². The van der Waals surface area contributed by atoms with Gasteiger partial charge < -0.3 is 0 Å². The molecule has 2 rings (SSSR count). The third kappa shape index (κ3) is 3.44. The molecule has 0 nitrogen and oxygen atoms in total. The Balaban J connectivity index is 2.24. The van der Waals surface area contributed by atoms with E-state index in [1.54, 1.807) is 48.5 Å². The summed E-state index contributed by atoms with van der Waals surface area (Å²) in [5.74, 6) is -1.00. The van der Waals surface area contributed by atoms with E-state index in [2.05, 4.69) is 6.58 Å². The van der Waals surface area contributed by atoms with Gasteiger partial charge in [-0.2, -0.15) is 8.78 Å². The van der Waals surface area contributed by atoms with Crippen molar-refractivity contribution in [1.29, 1.82) is 0 Å². The van der Waals surface area contributed by atoms with Gasteiger partial charge in [0.25, 0.3) is 0 Å². The number of halogens is 2. The standard InChI is InChI=1S/C16H14F2S/c1-2-15(13-9-5-3-6-10-13)16(17,18)19-14-11-7-4-8-12-14/h2-12,15H,1H2. The Hall–Kier alpha value is -1.61. The molecule has 0 aromatic heterocycles. The Morgan fingerprint density at radius 2 is 1.47 bits per heavy atom. The van der Waals surface area contributed by atoms with Crippen LogP contribution in [-0.2, 0) is 0 Å². The van der Waals surface area contributed by atoms with Crippen LogP contribution in [0.2, 0.25) is 0 Å². The van der Waals surface area contributed by atoms with Gasteiger partial charge in [0.2, 0.25) is 0 Å². The fraction of sp³-hybridized carbons (Fsp3) is 0.125. The minimum Gasteiger partial charge on any atom is -0.193 e. The molecule has 0 amide bonds. The first-order valence-corrected chi connectivity index (χ1v) is 6.74. The predicted molar refractivity (Wildman–Crippen MR) is 76.6 cm³/mol. The van der Waals surface area contributed by atoms with Crippen molar-refractivity contribution in [2.75, 3.05) is 0 Å². The van der Waals surface area contributed by atoms with Crippen molar-refractivity contribution in [2.24, 2.45) is 0 Å². The van der Waals surface area contributed by atoms with Crippen LogP contribution >= 0.6 is 11.8 Å². The molecule has 2 aromatic rings. The summed E-state index contributed by atoms with van der Waals surface area (Å²) in [5.41, 5.74) is 0.575. The van der Waals surface area contributed by atoms with E-state index in [-0.39, 0.29) is 0 Å². The first kappa shape index (κ1) is 13.8. The second kappa shape index (κ2) is 6.02. The van der Waals surface area contributed by atoms with Crippen molar-refractivity contribution in [3.8, 4) is 0 Å². The highest BCUT2D eigenvalue weighted by Crippen LogP contribution is 2.46. The molecule has 0 saturated heterocycles. The van der Waals surface area contributed by atoms with Gasteiger partial charge in [0.05, 0.1) is 5.92 Å². The SMILES string of the molecule is C=CC(c1ccccc1)C(F)(F)Sc1ccccc1. The molecule has 19 heavy (non-hydrogen) atoms. The van der Waals surface area contributed by atoms with E-state index in [9.17, 15) is 8.78 Å². The molecule has 1 atom stereocenters. The predicted octanol–water partition coefficient (Wildman–Crippen LogP) is 5.34. The highest BCUT2D eigenvalue weighted by Gasteiger charge is 2.39. The number of benzene rings is 2. The van der Waals surface area contributed by atoms with Crippen molar-refractivity contribution >= 4 is 11.8 Å². The average Bonchev–Trinajstić information content (AvgIpc) is 2.41. The molecule has 1 unspecified atom stereocenters. The molecule has 0 bridgehead atoms. The Morgan fingerprint density at radius 1 is 0.947 bits per heavy atom. The molecule has 0 heterocycles. The van der Waals surface area contributed by atoms with Gasteiger partial charge in [0, 0.05) is 4.90 Å². The molecule has 0 radical (unpaired) electrons. The van der Waals surface area contributed by atoms with Crippen LogP contribution in [0.3, 0.4) is 0 Å². The van der Waals surface area contributed by atoms with Gasteiger partial charge in [-0.05, 0) is 17.7 Å². The summed E-state index contributed by atoms with van der Waals surface area (Å²) in [4.78, 5) is 0.551. The Morgan fingerprint density at radius 3 is 2.00 bits per heavy atom. The number of hydrogen-bond donors (Lipinski definition) is 0. The molecule has 0 N–H and O–H groups in total. The maximum atomic E-state index is 14.4.